The lowest BCUT2D eigenvalue weighted by molar-refractivity contribution is -0.750. The molecule has 35 heavy (non-hydrogen) atoms. The Morgan fingerprint density at radius 1 is 1.09 bits per heavy atom. The number of aliphatic imine (C=N–C) groups is 2. The van der Waals surface area contributed by atoms with Crippen molar-refractivity contribution in [2.24, 2.45) is 27.7 Å². The van der Waals surface area contributed by atoms with Crippen LogP contribution in [0.4, 0.5) is 0 Å². The SMILES string of the molecule is CC(=O)NCC1CC(C2=C3C=NC=C[N+]3(N)C(c3ccc4ccc(-c5ccccc5)nc4c3)=N2)C1. The molecule has 2 aliphatic heterocycles. The third kappa shape index (κ3) is 3.79. The first kappa shape index (κ1) is 21.6. The Labute approximate surface area is 204 Å². The van der Waals surface area contributed by atoms with E-state index in [1.807, 2.05) is 30.6 Å². The number of rotatable bonds is 5. The maximum atomic E-state index is 11.3. The summed E-state index contributed by atoms with van der Waals surface area (Å²) in [5, 5.41) is 4.00. The van der Waals surface area contributed by atoms with Gasteiger partial charge in [-0.05, 0) is 37.0 Å². The lowest BCUT2D eigenvalue weighted by Gasteiger charge is -2.35. The number of nitrogens with two attached hydrogens (primary N) is 1. The van der Waals surface area contributed by atoms with Gasteiger partial charge in [0.15, 0.2) is 0 Å². The van der Waals surface area contributed by atoms with Crippen LogP contribution in [0.2, 0.25) is 0 Å². The minimum Gasteiger partial charge on any atom is -0.356 e. The first-order valence-electron chi connectivity index (χ1n) is 11.9. The minimum absolute atomic E-state index is 0.00950. The second-order valence-electron chi connectivity index (χ2n) is 9.50. The lowest BCUT2D eigenvalue weighted by Crippen LogP contribution is -2.53. The number of carbonyl (C=O) groups excluding carboxylic acids is 1. The van der Waals surface area contributed by atoms with Gasteiger partial charge in [-0.15, -0.1) is 4.59 Å². The van der Waals surface area contributed by atoms with Crippen LogP contribution in [0.1, 0.15) is 25.3 Å². The van der Waals surface area contributed by atoms with Crippen molar-refractivity contribution < 1.29 is 9.39 Å². The van der Waals surface area contributed by atoms with Crippen LogP contribution >= 0.6 is 0 Å². The van der Waals surface area contributed by atoms with Gasteiger partial charge in [-0.3, -0.25) is 9.79 Å². The molecule has 0 spiro atoms. The van der Waals surface area contributed by atoms with Crippen molar-refractivity contribution in [3.63, 3.8) is 0 Å². The third-order valence-electron chi connectivity index (χ3n) is 7.10. The molecule has 1 saturated carbocycles. The van der Waals surface area contributed by atoms with E-state index in [1.54, 1.807) is 13.1 Å². The van der Waals surface area contributed by atoms with Gasteiger partial charge in [-0.1, -0.05) is 42.5 Å². The number of amidine groups is 1. The number of nitrogens with zero attached hydrogens (tertiary/aromatic N) is 4. The van der Waals surface area contributed by atoms with Crippen LogP contribution in [0.5, 0.6) is 0 Å². The van der Waals surface area contributed by atoms with Gasteiger partial charge >= 0.3 is 0 Å². The number of benzene rings is 2. The third-order valence-corrected chi connectivity index (χ3v) is 7.10. The molecule has 1 aliphatic carbocycles. The standard InChI is InChI=1S/C28H26N6O/c1-18(35)31-16-19-13-23(14-19)27-26-17-30-11-12-34(26,29)28(33-27)22-8-7-21-9-10-24(32-25(21)15-22)20-5-3-2-4-6-20/h2-12,15,17,19,23H,13-14,16,29H2,1H3/p+1. The number of amides is 1. The largest absolute Gasteiger partial charge is 0.356 e. The van der Waals surface area contributed by atoms with E-state index in [9.17, 15) is 4.79 Å². The maximum absolute atomic E-state index is 11.3. The number of hydrogen-bond acceptors (Lipinski definition) is 5. The number of carbonyl (C=O) groups is 1. The minimum atomic E-state index is 0.00950. The topological polar surface area (TPSA) is 92.7 Å². The van der Waals surface area contributed by atoms with Gasteiger partial charge in [-0.2, -0.15) is 10.8 Å². The summed E-state index contributed by atoms with van der Waals surface area (Å²) in [7, 11) is 0. The summed E-state index contributed by atoms with van der Waals surface area (Å²) in [5.41, 5.74) is 5.78. The average molecular weight is 464 g/mol. The Morgan fingerprint density at radius 2 is 1.89 bits per heavy atom. The van der Waals surface area contributed by atoms with Gasteiger partial charge in [0.25, 0.3) is 5.84 Å². The van der Waals surface area contributed by atoms with Crippen LogP contribution in [0, 0.1) is 11.8 Å². The molecule has 6 rings (SSSR count). The Kier molecular flexibility index (Phi) is 5.16. The van der Waals surface area contributed by atoms with Gasteiger partial charge in [0.05, 0.1) is 29.2 Å². The molecule has 2 aromatic carbocycles. The summed E-state index contributed by atoms with van der Waals surface area (Å²) >= 11 is 0. The van der Waals surface area contributed by atoms with E-state index < -0.39 is 0 Å². The number of allylic oxidation sites excluding steroid dienone is 2. The van der Waals surface area contributed by atoms with Crippen molar-refractivity contribution >= 4 is 28.9 Å². The fourth-order valence-electron chi connectivity index (χ4n) is 5.15. The molecule has 3 heterocycles. The van der Waals surface area contributed by atoms with Gasteiger partial charge in [0.1, 0.15) is 11.9 Å². The molecule has 0 radical (unpaired) electrons. The molecule has 1 aromatic heterocycles. The van der Waals surface area contributed by atoms with Crippen molar-refractivity contribution in [1.82, 2.24) is 10.3 Å². The molecule has 174 valence electrons. The maximum Gasteiger partial charge on any atom is 0.264 e. The summed E-state index contributed by atoms with van der Waals surface area (Å²) in [6.07, 6.45) is 7.40. The molecule has 1 amide bonds. The number of quaternary nitrogens is 1. The predicted octanol–water partition coefficient (Wildman–Crippen LogP) is 4.28. The number of fused-ring (bicyclic) bond motifs is 2. The van der Waals surface area contributed by atoms with Gasteiger partial charge in [-0.25, -0.2) is 4.98 Å². The highest BCUT2D eigenvalue weighted by Gasteiger charge is 2.48. The average Bonchev–Trinajstić information content (AvgIpc) is 3.15. The molecule has 3 aliphatic rings. The fourth-order valence-corrected chi connectivity index (χ4v) is 5.15. The molecule has 3 aromatic rings. The van der Waals surface area contributed by atoms with Gasteiger partial charge < -0.3 is 5.32 Å². The Bertz CT molecular complexity index is 1450. The molecule has 0 bridgehead atoms. The highest BCUT2D eigenvalue weighted by molar-refractivity contribution is 6.02. The monoisotopic (exact) mass is 463 g/mol. The van der Waals surface area contributed by atoms with Crippen molar-refractivity contribution in [2.45, 2.75) is 19.8 Å². The fraction of sp³-hybridized carbons (Fsp3) is 0.214. The summed E-state index contributed by atoms with van der Waals surface area (Å²) in [6, 6.07) is 20.6. The predicted molar refractivity (Wildman–Crippen MR) is 138 cm³/mol. The molecular formula is C28H27N6O+. The summed E-state index contributed by atoms with van der Waals surface area (Å²) < 4.78 is 0.00950. The molecular weight excluding hydrogens is 436 g/mol. The van der Waals surface area contributed by atoms with Crippen molar-refractivity contribution in [3.8, 4) is 11.3 Å². The highest BCUT2D eigenvalue weighted by Crippen LogP contribution is 2.44. The Balaban J connectivity index is 1.34. The van der Waals surface area contributed by atoms with Gasteiger partial charge in [0, 0.05) is 30.3 Å². The zero-order valence-corrected chi connectivity index (χ0v) is 19.6. The summed E-state index contributed by atoms with van der Waals surface area (Å²) in [4.78, 5) is 25.6. The molecule has 7 heteroatoms. The van der Waals surface area contributed by atoms with Crippen molar-refractivity contribution in [1.29, 1.82) is 0 Å². The Hall–Kier alpha value is -3.94. The van der Waals surface area contributed by atoms with E-state index in [1.165, 1.54) is 0 Å². The lowest BCUT2D eigenvalue weighted by atomic mass is 9.73. The van der Waals surface area contributed by atoms with Crippen LogP contribution in [0.25, 0.3) is 22.2 Å². The zero-order valence-electron chi connectivity index (χ0n) is 19.6. The van der Waals surface area contributed by atoms with Crippen LogP contribution in [0.15, 0.2) is 94.4 Å². The van der Waals surface area contributed by atoms with E-state index in [2.05, 4.69) is 52.8 Å². The Morgan fingerprint density at radius 3 is 2.69 bits per heavy atom. The second kappa shape index (κ2) is 8.37. The van der Waals surface area contributed by atoms with E-state index >= 15 is 0 Å². The molecule has 1 atom stereocenters. The smallest absolute Gasteiger partial charge is 0.264 e. The summed E-state index contributed by atoms with van der Waals surface area (Å²) in [5.74, 6) is 8.50. The molecule has 3 N–H and O–H groups in total. The second-order valence-corrected chi connectivity index (χ2v) is 9.50. The van der Waals surface area contributed by atoms with E-state index in [4.69, 9.17) is 15.8 Å². The van der Waals surface area contributed by atoms with Gasteiger partial charge in [0.2, 0.25) is 11.6 Å². The van der Waals surface area contributed by atoms with Crippen LogP contribution in [-0.2, 0) is 4.79 Å². The van der Waals surface area contributed by atoms with E-state index in [-0.39, 0.29) is 10.5 Å². The van der Waals surface area contributed by atoms with Crippen LogP contribution in [-0.4, -0.2) is 34.1 Å². The van der Waals surface area contributed by atoms with Crippen LogP contribution < -0.4 is 11.2 Å². The molecule has 1 unspecified atom stereocenters. The normalized spacial score (nSPS) is 24.8. The quantitative estimate of drug-likeness (QED) is 0.437. The highest BCUT2D eigenvalue weighted by atomic mass is 16.1. The number of aromatic nitrogens is 1. The molecule has 7 nitrogen and oxygen atoms in total. The summed E-state index contributed by atoms with van der Waals surface area (Å²) in [6.45, 7) is 2.27. The number of hydrogen-bond donors (Lipinski definition) is 2. The number of nitrogens with one attached hydrogen (secondary N) is 1. The van der Waals surface area contributed by atoms with Crippen LogP contribution in [0.3, 0.4) is 0 Å². The molecule has 1 fully saturated rings. The number of pyridine rings is 1. The van der Waals surface area contributed by atoms with E-state index in [0.29, 0.717) is 18.4 Å². The first-order valence-corrected chi connectivity index (χ1v) is 11.9. The van der Waals surface area contributed by atoms with E-state index in [0.717, 1.165) is 57.8 Å². The van der Waals surface area contributed by atoms with Crippen molar-refractivity contribution in [2.75, 3.05) is 6.54 Å². The first-order chi connectivity index (χ1) is 17.0. The van der Waals surface area contributed by atoms with Crippen molar-refractivity contribution in [3.05, 3.63) is 90.0 Å². The zero-order chi connectivity index (χ0) is 24.0. The molecule has 0 saturated heterocycles.